The number of hydrogen-bond donors (Lipinski definition) is 3. The van der Waals surface area contributed by atoms with Gasteiger partial charge in [-0.15, -0.1) is 0 Å². The summed E-state index contributed by atoms with van der Waals surface area (Å²) >= 11 is 0. The van der Waals surface area contributed by atoms with Crippen LogP contribution < -0.4 is 10.6 Å². The van der Waals surface area contributed by atoms with Gasteiger partial charge in [0.1, 0.15) is 11.9 Å². The summed E-state index contributed by atoms with van der Waals surface area (Å²) in [6, 6.07) is 2.53. The third kappa shape index (κ3) is 4.53. The molecule has 0 aromatic carbocycles. The predicted molar refractivity (Wildman–Crippen MR) is 76.7 cm³/mol. The van der Waals surface area contributed by atoms with Gasteiger partial charge >= 0.3 is 5.97 Å². The molecule has 1 amide bonds. The first kappa shape index (κ1) is 15.9. The van der Waals surface area contributed by atoms with Crippen molar-refractivity contribution in [1.82, 2.24) is 10.3 Å². The van der Waals surface area contributed by atoms with Gasteiger partial charge in [-0.25, -0.2) is 9.78 Å². The summed E-state index contributed by atoms with van der Waals surface area (Å²) in [6.07, 6.45) is 2.31. The molecular formula is C14H21N3O3. The number of aliphatic carboxylic acids is 1. The molecule has 0 aliphatic heterocycles. The van der Waals surface area contributed by atoms with Gasteiger partial charge in [-0.1, -0.05) is 20.8 Å². The van der Waals surface area contributed by atoms with E-state index in [0.29, 0.717) is 17.9 Å². The van der Waals surface area contributed by atoms with E-state index in [4.69, 9.17) is 5.11 Å². The van der Waals surface area contributed by atoms with Crippen LogP contribution in [0.25, 0.3) is 0 Å². The Bertz CT molecular complexity index is 457. The normalized spacial score (nSPS) is 12.0. The molecule has 6 nitrogen and oxygen atoms in total. The van der Waals surface area contributed by atoms with Crippen LogP contribution in [0.15, 0.2) is 18.3 Å². The fourth-order valence-corrected chi connectivity index (χ4v) is 1.63. The number of anilines is 1. The van der Waals surface area contributed by atoms with Crippen molar-refractivity contribution in [3.63, 3.8) is 0 Å². The average Bonchev–Trinajstić information content (AvgIpc) is 2.42. The minimum absolute atomic E-state index is 0.0678. The van der Waals surface area contributed by atoms with Crippen LogP contribution in [0, 0.1) is 5.92 Å². The molecule has 110 valence electrons. The van der Waals surface area contributed by atoms with Crippen molar-refractivity contribution in [1.29, 1.82) is 0 Å². The molecule has 1 heterocycles. The molecule has 1 aromatic heterocycles. The number of aromatic nitrogens is 1. The Morgan fingerprint density at radius 3 is 2.50 bits per heavy atom. The highest BCUT2D eigenvalue weighted by molar-refractivity contribution is 5.94. The minimum atomic E-state index is -0.924. The van der Waals surface area contributed by atoms with E-state index in [-0.39, 0.29) is 11.8 Å². The molecule has 0 spiro atoms. The summed E-state index contributed by atoms with van der Waals surface area (Å²) in [7, 11) is 0. The van der Waals surface area contributed by atoms with Crippen molar-refractivity contribution in [2.45, 2.75) is 33.2 Å². The van der Waals surface area contributed by atoms with Gasteiger partial charge in [0.15, 0.2) is 0 Å². The Hall–Kier alpha value is -2.11. The number of carboxylic acid groups (broad SMARTS) is 1. The topological polar surface area (TPSA) is 91.3 Å². The van der Waals surface area contributed by atoms with Crippen molar-refractivity contribution >= 4 is 17.7 Å². The van der Waals surface area contributed by atoms with Gasteiger partial charge < -0.3 is 15.7 Å². The molecule has 1 aromatic rings. The third-order valence-corrected chi connectivity index (χ3v) is 2.80. The fourth-order valence-electron chi connectivity index (χ4n) is 1.63. The molecular weight excluding hydrogens is 258 g/mol. The monoisotopic (exact) mass is 279 g/mol. The number of carbonyl (C=O) groups excluding carboxylic acids is 1. The fraction of sp³-hybridized carbons (Fsp3) is 0.500. The molecule has 0 saturated heterocycles. The van der Waals surface area contributed by atoms with Crippen molar-refractivity contribution in [3.05, 3.63) is 23.9 Å². The standard InChI is InChI=1S/C14H21N3O3/c1-4-7-15-13(18)10-5-6-11(16-8-10)17-12(9(2)3)14(19)20/h5-6,8-9,12H,4,7H2,1-3H3,(H,15,18)(H,16,17)(H,19,20)/t12-/m1/s1. The van der Waals surface area contributed by atoms with Gasteiger partial charge in [0.05, 0.1) is 5.56 Å². The zero-order valence-electron chi connectivity index (χ0n) is 12.0. The van der Waals surface area contributed by atoms with E-state index in [0.717, 1.165) is 6.42 Å². The first-order valence-corrected chi connectivity index (χ1v) is 6.69. The number of pyridine rings is 1. The number of carboxylic acids is 1. The highest BCUT2D eigenvalue weighted by Crippen LogP contribution is 2.11. The van der Waals surface area contributed by atoms with E-state index < -0.39 is 12.0 Å². The molecule has 0 bridgehead atoms. The van der Waals surface area contributed by atoms with Crippen LogP contribution in [0.1, 0.15) is 37.6 Å². The number of amides is 1. The number of rotatable bonds is 7. The van der Waals surface area contributed by atoms with Crippen LogP contribution in [0.2, 0.25) is 0 Å². The van der Waals surface area contributed by atoms with Crippen molar-refractivity contribution in [2.75, 3.05) is 11.9 Å². The van der Waals surface area contributed by atoms with Gasteiger partial charge in [0.2, 0.25) is 0 Å². The summed E-state index contributed by atoms with van der Waals surface area (Å²) in [5.41, 5.74) is 0.459. The number of carbonyl (C=O) groups is 2. The van der Waals surface area contributed by atoms with Crippen LogP contribution in [0.4, 0.5) is 5.82 Å². The molecule has 0 radical (unpaired) electrons. The molecule has 0 aliphatic rings. The summed E-state index contributed by atoms with van der Waals surface area (Å²) in [6.45, 7) is 6.23. The summed E-state index contributed by atoms with van der Waals surface area (Å²) < 4.78 is 0. The number of hydrogen-bond acceptors (Lipinski definition) is 4. The average molecular weight is 279 g/mol. The van der Waals surface area contributed by atoms with Gasteiger partial charge in [-0.2, -0.15) is 0 Å². The Morgan fingerprint density at radius 1 is 1.35 bits per heavy atom. The van der Waals surface area contributed by atoms with Crippen LogP contribution in [-0.2, 0) is 4.79 Å². The van der Waals surface area contributed by atoms with E-state index in [1.54, 1.807) is 12.1 Å². The van der Waals surface area contributed by atoms with Crippen molar-refractivity contribution in [3.8, 4) is 0 Å². The predicted octanol–water partition coefficient (Wildman–Crippen LogP) is 1.74. The second kappa shape index (κ2) is 7.47. The second-order valence-corrected chi connectivity index (χ2v) is 4.89. The maximum absolute atomic E-state index is 11.7. The molecule has 1 rings (SSSR count). The maximum Gasteiger partial charge on any atom is 0.326 e. The van der Waals surface area contributed by atoms with Gasteiger partial charge in [0, 0.05) is 12.7 Å². The zero-order valence-corrected chi connectivity index (χ0v) is 12.0. The largest absolute Gasteiger partial charge is 0.480 e. The number of nitrogens with zero attached hydrogens (tertiary/aromatic N) is 1. The molecule has 0 fully saturated rings. The Morgan fingerprint density at radius 2 is 2.05 bits per heavy atom. The van der Waals surface area contributed by atoms with Crippen molar-refractivity contribution < 1.29 is 14.7 Å². The minimum Gasteiger partial charge on any atom is -0.480 e. The Kier molecular flexibility index (Phi) is 5.96. The van der Waals surface area contributed by atoms with E-state index in [1.807, 2.05) is 20.8 Å². The lowest BCUT2D eigenvalue weighted by Gasteiger charge is -2.18. The smallest absolute Gasteiger partial charge is 0.326 e. The molecule has 1 atom stereocenters. The summed E-state index contributed by atoms with van der Waals surface area (Å²) in [5.74, 6) is -0.726. The molecule has 3 N–H and O–H groups in total. The van der Waals surface area contributed by atoms with Gasteiger partial charge in [-0.3, -0.25) is 4.79 Å². The molecule has 6 heteroatoms. The summed E-state index contributed by atoms with van der Waals surface area (Å²) in [5, 5.41) is 14.7. The Balaban J connectivity index is 2.71. The van der Waals surface area contributed by atoms with E-state index in [1.165, 1.54) is 6.20 Å². The van der Waals surface area contributed by atoms with Crippen LogP contribution in [-0.4, -0.2) is 34.6 Å². The first-order valence-electron chi connectivity index (χ1n) is 6.69. The van der Waals surface area contributed by atoms with Crippen LogP contribution in [0.5, 0.6) is 0 Å². The highest BCUT2D eigenvalue weighted by atomic mass is 16.4. The van der Waals surface area contributed by atoms with Gasteiger partial charge in [0.25, 0.3) is 5.91 Å². The van der Waals surface area contributed by atoms with Gasteiger partial charge in [-0.05, 0) is 24.5 Å². The third-order valence-electron chi connectivity index (χ3n) is 2.80. The molecule has 0 aliphatic carbocycles. The Labute approximate surface area is 118 Å². The summed E-state index contributed by atoms with van der Waals surface area (Å²) in [4.78, 5) is 26.8. The SMILES string of the molecule is CCCNC(=O)c1ccc(N[C@@H](C(=O)O)C(C)C)nc1. The second-order valence-electron chi connectivity index (χ2n) is 4.89. The van der Waals surface area contributed by atoms with E-state index in [9.17, 15) is 9.59 Å². The lowest BCUT2D eigenvalue weighted by molar-refractivity contribution is -0.138. The molecule has 0 unspecified atom stereocenters. The molecule has 20 heavy (non-hydrogen) atoms. The van der Waals surface area contributed by atoms with Crippen molar-refractivity contribution in [2.24, 2.45) is 5.92 Å². The first-order chi connectivity index (χ1) is 9.45. The van der Waals surface area contributed by atoms with E-state index in [2.05, 4.69) is 15.6 Å². The number of nitrogens with one attached hydrogen (secondary N) is 2. The molecule has 0 saturated carbocycles. The van der Waals surface area contributed by atoms with Crippen LogP contribution in [0.3, 0.4) is 0 Å². The lowest BCUT2D eigenvalue weighted by Crippen LogP contribution is -2.34. The lowest BCUT2D eigenvalue weighted by atomic mass is 10.1. The quantitative estimate of drug-likeness (QED) is 0.707. The highest BCUT2D eigenvalue weighted by Gasteiger charge is 2.21. The van der Waals surface area contributed by atoms with E-state index >= 15 is 0 Å². The maximum atomic E-state index is 11.7. The zero-order chi connectivity index (χ0) is 15.1. The van der Waals surface area contributed by atoms with Crippen LogP contribution >= 0.6 is 0 Å².